The predicted molar refractivity (Wildman–Crippen MR) is 89.2 cm³/mol. The van der Waals surface area contributed by atoms with Crippen molar-refractivity contribution in [2.75, 3.05) is 19.8 Å². The Morgan fingerprint density at radius 3 is 1.97 bits per heavy atom. The van der Waals surface area contributed by atoms with Crippen LogP contribution in [-0.2, 0) is 23.7 Å². The van der Waals surface area contributed by atoms with Gasteiger partial charge >= 0.3 is 5.97 Å². The Morgan fingerprint density at radius 1 is 0.793 bits per heavy atom. The molecule has 0 aromatic rings. The molecule has 0 radical (unpaired) electrons. The van der Waals surface area contributed by atoms with Crippen molar-refractivity contribution < 1.29 is 64.6 Å². The second kappa shape index (κ2) is 10.9. The van der Waals surface area contributed by atoms with Crippen LogP contribution in [0.1, 0.15) is 12.8 Å². The standard InChI is InChI=1S/C16H28O13/c17-4-6-9(21)10(22)12(24)16(27-6)29-14-7(5-18)28-15(13(25)11(14)23)26-3-1-2-8(19)20/h6-7,9-18,21-25H,1-5H2,(H,19,20)/t6?,7?,9-,10-,11+,12?,13?,14-,15+,16-/m0/s1. The first-order valence-electron chi connectivity index (χ1n) is 9.13. The van der Waals surface area contributed by atoms with Crippen LogP contribution in [0.3, 0.4) is 0 Å². The fourth-order valence-corrected chi connectivity index (χ4v) is 3.12. The van der Waals surface area contributed by atoms with Crippen LogP contribution in [0.15, 0.2) is 0 Å². The number of aliphatic carboxylic acids is 1. The zero-order valence-corrected chi connectivity index (χ0v) is 15.4. The summed E-state index contributed by atoms with van der Waals surface area (Å²) in [4.78, 5) is 10.5. The maximum Gasteiger partial charge on any atom is 0.303 e. The number of carboxylic acid groups (broad SMARTS) is 1. The van der Waals surface area contributed by atoms with Crippen LogP contribution in [-0.4, -0.2) is 128 Å². The molecule has 0 aliphatic carbocycles. The number of hydrogen-bond donors (Lipinski definition) is 8. The van der Waals surface area contributed by atoms with Crippen molar-refractivity contribution in [1.29, 1.82) is 0 Å². The smallest absolute Gasteiger partial charge is 0.303 e. The summed E-state index contributed by atoms with van der Waals surface area (Å²) in [6, 6.07) is 0. The minimum atomic E-state index is -1.75. The normalized spacial score (nSPS) is 43.3. The molecule has 2 saturated heterocycles. The van der Waals surface area contributed by atoms with E-state index in [-0.39, 0.29) is 19.4 Å². The summed E-state index contributed by atoms with van der Waals surface area (Å²) in [7, 11) is 0. The highest BCUT2D eigenvalue weighted by molar-refractivity contribution is 5.66. The quantitative estimate of drug-likeness (QED) is 0.163. The highest BCUT2D eigenvalue weighted by Gasteiger charge is 2.50. The van der Waals surface area contributed by atoms with E-state index < -0.39 is 80.6 Å². The van der Waals surface area contributed by atoms with Crippen LogP contribution in [0, 0.1) is 0 Å². The predicted octanol–water partition coefficient (Wildman–Crippen LogP) is -4.51. The van der Waals surface area contributed by atoms with E-state index in [2.05, 4.69) is 0 Å². The van der Waals surface area contributed by atoms with Crippen molar-refractivity contribution in [3.8, 4) is 0 Å². The maximum atomic E-state index is 10.5. The number of aliphatic hydroxyl groups is 7. The van der Waals surface area contributed by atoms with Gasteiger partial charge in [0.15, 0.2) is 12.6 Å². The van der Waals surface area contributed by atoms with E-state index in [0.717, 1.165) is 0 Å². The lowest BCUT2D eigenvalue weighted by Crippen LogP contribution is -2.64. The molecule has 2 fully saturated rings. The van der Waals surface area contributed by atoms with E-state index in [1.165, 1.54) is 0 Å². The number of ether oxygens (including phenoxy) is 4. The number of aliphatic hydroxyl groups excluding tert-OH is 7. The minimum absolute atomic E-state index is 0.0862. The number of carbonyl (C=O) groups is 1. The van der Waals surface area contributed by atoms with Gasteiger partial charge in [0.2, 0.25) is 0 Å². The van der Waals surface area contributed by atoms with Crippen LogP contribution in [0.4, 0.5) is 0 Å². The highest BCUT2D eigenvalue weighted by atomic mass is 16.7. The average molecular weight is 428 g/mol. The molecule has 8 N–H and O–H groups in total. The van der Waals surface area contributed by atoms with Gasteiger partial charge in [0, 0.05) is 6.42 Å². The SMILES string of the molecule is O=C(O)CCCO[C@@H]1OC(CO)[C@H](O[C@@H]2OC(CO)[C@H](O)[C@H](O)C2O)[C@H](O)C1O. The Balaban J connectivity index is 2.01. The molecule has 2 rings (SSSR count). The first-order valence-corrected chi connectivity index (χ1v) is 9.13. The minimum Gasteiger partial charge on any atom is -0.481 e. The zero-order chi connectivity index (χ0) is 21.7. The molecule has 10 atom stereocenters. The summed E-state index contributed by atoms with van der Waals surface area (Å²) in [6.07, 6.45) is -15.3. The number of rotatable bonds is 9. The molecule has 0 spiro atoms. The molecule has 13 nitrogen and oxygen atoms in total. The van der Waals surface area contributed by atoms with E-state index in [1.807, 2.05) is 0 Å². The summed E-state index contributed by atoms with van der Waals surface area (Å²) >= 11 is 0. The van der Waals surface area contributed by atoms with Crippen LogP contribution in [0.25, 0.3) is 0 Å². The van der Waals surface area contributed by atoms with Crippen molar-refractivity contribution in [2.24, 2.45) is 0 Å². The lowest BCUT2D eigenvalue weighted by molar-refractivity contribution is -0.359. The van der Waals surface area contributed by atoms with Gasteiger partial charge in [-0.25, -0.2) is 0 Å². The molecule has 2 aliphatic heterocycles. The molecule has 2 aliphatic rings. The van der Waals surface area contributed by atoms with Crippen molar-refractivity contribution in [3.05, 3.63) is 0 Å². The molecule has 170 valence electrons. The third-order valence-corrected chi connectivity index (χ3v) is 4.78. The molecule has 0 saturated carbocycles. The van der Waals surface area contributed by atoms with Gasteiger partial charge in [0.05, 0.1) is 19.8 Å². The molecule has 0 aromatic heterocycles. The summed E-state index contributed by atoms with van der Waals surface area (Å²) in [6.45, 7) is -1.45. The molecule has 4 unspecified atom stereocenters. The van der Waals surface area contributed by atoms with E-state index in [9.17, 15) is 40.5 Å². The second-order valence-electron chi connectivity index (χ2n) is 6.87. The molecule has 0 aromatic carbocycles. The van der Waals surface area contributed by atoms with Gasteiger partial charge in [-0.2, -0.15) is 0 Å². The largest absolute Gasteiger partial charge is 0.481 e. The van der Waals surface area contributed by atoms with Gasteiger partial charge in [0.25, 0.3) is 0 Å². The third kappa shape index (κ3) is 5.80. The van der Waals surface area contributed by atoms with Crippen molar-refractivity contribution in [2.45, 2.75) is 74.3 Å². The molecule has 13 heteroatoms. The van der Waals surface area contributed by atoms with E-state index in [4.69, 9.17) is 24.1 Å². The van der Waals surface area contributed by atoms with E-state index in [0.29, 0.717) is 0 Å². The Hall–Kier alpha value is -0.970. The zero-order valence-electron chi connectivity index (χ0n) is 15.4. The molecule has 0 bridgehead atoms. The number of hydrogen-bond acceptors (Lipinski definition) is 12. The first-order chi connectivity index (χ1) is 13.7. The van der Waals surface area contributed by atoms with Crippen molar-refractivity contribution >= 4 is 5.97 Å². The van der Waals surface area contributed by atoms with Gasteiger partial charge in [-0.15, -0.1) is 0 Å². The van der Waals surface area contributed by atoms with Crippen LogP contribution < -0.4 is 0 Å². The fourth-order valence-electron chi connectivity index (χ4n) is 3.12. The molecule has 0 amide bonds. The Morgan fingerprint density at radius 2 is 1.38 bits per heavy atom. The fraction of sp³-hybridized carbons (Fsp3) is 0.938. The molecule has 2 heterocycles. The van der Waals surface area contributed by atoms with Gasteiger partial charge in [0.1, 0.15) is 48.8 Å². The summed E-state index contributed by atoms with van der Waals surface area (Å²) < 4.78 is 21.2. The van der Waals surface area contributed by atoms with Crippen LogP contribution in [0.5, 0.6) is 0 Å². The monoisotopic (exact) mass is 428 g/mol. The summed E-state index contributed by atoms with van der Waals surface area (Å²) in [5.74, 6) is -1.03. The van der Waals surface area contributed by atoms with Crippen LogP contribution in [0.2, 0.25) is 0 Å². The highest BCUT2D eigenvalue weighted by Crippen LogP contribution is 2.29. The summed E-state index contributed by atoms with van der Waals surface area (Å²) in [5.41, 5.74) is 0. The van der Waals surface area contributed by atoms with Crippen LogP contribution >= 0.6 is 0 Å². The van der Waals surface area contributed by atoms with E-state index >= 15 is 0 Å². The van der Waals surface area contributed by atoms with E-state index in [1.54, 1.807) is 0 Å². The van der Waals surface area contributed by atoms with Gasteiger partial charge in [-0.3, -0.25) is 4.79 Å². The van der Waals surface area contributed by atoms with Crippen molar-refractivity contribution in [3.63, 3.8) is 0 Å². The lowest BCUT2D eigenvalue weighted by Gasteiger charge is -2.45. The Bertz CT molecular complexity index is 515. The average Bonchev–Trinajstić information content (AvgIpc) is 2.69. The topological polar surface area (TPSA) is 216 Å². The summed E-state index contributed by atoms with van der Waals surface area (Å²) in [5, 5.41) is 77.6. The lowest BCUT2D eigenvalue weighted by atomic mass is 9.97. The Kier molecular flexibility index (Phi) is 9.12. The van der Waals surface area contributed by atoms with Gasteiger partial charge < -0.3 is 59.8 Å². The van der Waals surface area contributed by atoms with Crippen molar-refractivity contribution in [1.82, 2.24) is 0 Å². The molecule has 29 heavy (non-hydrogen) atoms. The molecular weight excluding hydrogens is 400 g/mol. The first kappa shape index (κ1) is 24.3. The Labute approximate surface area is 165 Å². The number of carboxylic acids is 1. The molecular formula is C16H28O13. The third-order valence-electron chi connectivity index (χ3n) is 4.78. The van der Waals surface area contributed by atoms with Gasteiger partial charge in [-0.1, -0.05) is 0 Å². The second-order valence-corrected chi connectivity index (χ2v) is 6.87. The van der Waals surface area contributed by atoms with Gasteiger partial charge in [-0.05, 0) is 6.42 Å². The maximum absolute atomic E-state index is 10.5.